The number of carbonyl (C=O) groups excluding carboxylic acids is 1. The first kappa shape index (κ1) is 16.7. The third kappa shape index (κ3) is 4.92. The molecule has 19 heavy (non-hydrogen) atoms. The van der Waals surface area contributed by atoms with Gasteiger partial charge in [-0.25, -0.2) is 0 Å². The number of nitrogens with zero attached hydrogens (tertiary/aromatic N) is 1. The first-order valence-corrected chi connectivity index (χ1v) is 7.77. The third-order valence-electron chi connectivity index (χ3n) is 4.33. The Balaban J connectivity index is 0.00000180. The molecular weight excluding hydrogens is 258 g/mol. The van der Waals surface area contributed by atoms with Gasteiger partial charge in [-0.05, 0) is 50.8 Å². The van der Waals surface area contributed by atoms with E-state index in [0.29, 0.717) is 11.7 Å². The Morgan fingerprint density at radius 2 is 2.00 bits per heavy atom. The summed E-state index contributed by atoms with van der Waals surface area (Å²) in [4.78, 5) is 14.8. The SMILES string of the molecule is CCCC/C=C1/CCC(CN2CCCCC2)C1=O.Cl. The predicted molar refractivity (Wildman–Crippen MR) is 82.9 cm³/mol. The van der Waals surface area contributed by atoms with E-state index in [1.165, 1.54) is 45.2 Å². The minimum Gasteiger partial charge on any atom is -0.303 e. The Hall–Kier alpha value is -0.340. The number of ketones is 1. The first-order chi connectivity index (χ1) is 8.81. The molecule has 1 aliphatic heterocycles. The van der Waals surface area contributed by atoms with Gasteiger partial charge in [-0.3, -0.25) is 4.79 Å². The number of piperidine rings is 1. The minimum absolute atomic E-state index is 0. The van der Waals surface area contributed by atoms with Crippen molar-refractivity contribution in [2.24, 2.45) is 5.92 Å². The van der Waals surface area contributed by atoms with E-state index in [1.807, 2.05) is 0 Å². The highest BCUT2D eigenvalue weighted by Gasteiger charge is 2.30. The minimum atomic E-state index is 0. The van der Waals surface area contributed by atoms with Gasteiger partial charge in [0.15, 0.2) is 5.78 Å². The number of hydrogen-bond acceptors (Lipinski definition) is 2. The number of rotatable bonds is 5. The summed E-state index contributed by atoms with van der Waals surface area (Å²) >= 11 is 0. The number of hydrogen-bond donors (Lipinski definition) is 0. The van der Waals surface area contributed by atoms with Crippen molar-refractivity contribution in [3.63, 3.8) is 0 Å². The lowest BCUT2D eigenvalue weighted by Gasteiger charge is -2.28. The molecule has 2 nitrogen and oxygen atoms in total. The molecule has 0 amide bonds. The van der Waals surface area contributed by atoms with Gasteiger partial charge >= 0.3 is 0 Å². The molecule has 0 spiro atoms. The Morgan fingerprint density at radius 1 is 1.26 bits per heavy atom. The summed E-state index contributed by atoms with van der Waals surface area (Å²) in [6, 6.07) is 0. The smallest absolute Gasteiger partial charge is 0.162 e. The van der Waals surface area contributed by atoms with Crippen LogP contribution in [-0.4, -0.2) is 30.3 Å². The van der Waals surface area contributed by atoms with Crippen molar-refractivity contribution in [1.82, 2.24) is 4.90 Å². The third-order valence-corrected chi connectivity index (χ3v) is 4.33. The molecular formula is C16H28ClNO. The maximum Gasteiger partial charge on any atom is 0.162 e. The van der Waals surface area contributed by atoms with Crippen LogP contribution in [0.25, 0.3) is 0 Å². The van der Waals surface area contributed by atoms with E-state index < -0.39 is 0 Å². The first-order valence-electron chi connectivity index (χ1n) is 7.77. The Kier molecular flexibility index (Phi) is 7.70. The van der Waals surface area contributed by atoms with E-state index in [4.69, 9.17) is 0 Å². The van der Waals surface area contributed by atoms with Crippen LogP contribution in [-0.2, 0) is 4.79 Å². The van der Waals surface area contributed by atoms with Crippen molar-refractivity contribution >= 4 is 18.2 Å². The fraction of sp³-hybridized carbons (Fsp3) is 0.812. The average molecular weight is 286 g/mol. The monoisotopic (exact) mass is 285 g/mol. The van der Waals surface area contributed by atoms with Gasteiger partial charge in [-0.2, -0.15) is 0 Å². The zero-order valence-corrected chi connectivity index (χ0v) is 13.0. The Morgan fingerprint density at radius 3 is 2.68 bits per heavy atom. The topological polar surface area (TPSA) is 20.3 Å². The summed E-state index contributed by atoms with van der Waals surface area (Å²) in [6.45, 7) is 5.63. The maximum absolute atomic E-state index is 12.3. The molecule has 1 saturated heterocycles. The van der Waals surface area contributed by atoms with E-state index in [1.54, 1.807) is 0 Å². The maximum atomic E-state index is 12.3. The highest BCUT2D eigenvalue weighted by atomic mass is 35.5. The zero-order valence-electron chi connectivity index (χ0n) is 12.2. The van der Waals surface area contributed by atoms with E-state index in [-0.39, 0.29) is 12.4 Å². The van der Waals surface area contributed by atoms with Crippen molar-refractivity contribution in [2.45, 2.75) is 58.3 Å². The summed E-state index contributed by atoms with van der Waals surface area (Å²) in [5.41, 5.74) is 1.13. The summed E-state index contributed by atoms with van der Waals surface area (Å²) in [5.74, 6) is 0.757. The van der Waals surface area contributed by atoms with Gasteiger partial charge in [0, 0.05) is 12.5 Å². The van der Waals surface area contributed by atoms with E-state index in [2.05, 4.69) is 17.9 Å². The van der Waals surface area contributed by atoms with E-state index in [0.717, 1.165) is 31.4 Å². The van der Waals surface area contributed by atoms with Crippen LogP contribution in [0.15, 0.2) is 11.6 Å². The van der Waals surface area contributed by atoms with Gasteiger partial charge in [-0.1, -0.05) is 32.3 Å². The largest absolute Gasteiger partial charge is 0.303 e. The lowest BCUT2D eigenvalue weighted by molar-refractivity contribution is -0.118. The molecule has 0 bridgehead atoms. The molecule has 1 saturated carbocycles. The molecule has 1 aliphatic carbocycles. The summed E-state index contributed by atoms with van der Waals surface area (Å²) in [7, 11) is 0. The van der Waals surface area contributed by atoms with Crippen LogP contribution in [0.3, 0.4) is 0 Å². The molecule has 0 N–H and O–H groups in total. The van der Waals surface area contributed by atoms with Crippen LogP contribution in [0.1, 0.15) is 58.3 Å². The zero-order chi connectivity index (χ0) is 12.8. The molecule has 3 heteroatoms. The van der Waals surface area contributed by atoms with Crippen LogP contribution < -0.4 is 0 Å². The van der Waals surface area contributed by atoms with Gasteiger partial charge in [0.05, 0.1) is 0 Å². The van der Waals surface area contributed by atoms with Crippen molar-refractivity contribution in [3.05, 3.63) is 11.6 Å². The van der Waals surface area contributed by atoms with Crippen LogP contribution in [0, 0.1) is 5.92 Å². The van der Waals surface area contributed by atoms with Crippen molar-refractivity contribution in [1.29, 1.82) is 0 Å². The van der Waals surface area contributed by atoms with Gasteiger partial charge in [0.1, 0.15) is 0 Å². The van der Waals surface area contributed by atoms with Gasteiger partial charge in [0.2, 0.25) is 0 Å². The summed E-state index contributed by atoms with van der Waals surface area (Å²) in [5, 5.41) is 0. The second-order valence-electron chi connectivity index (χ2n) is 5.83. The van der Waals surface area contributed by atoms with Crippen molar-refractivity contribution < 1.29 is 4.79 Å². The molecule has 1 heterocycles. The summed E-state index contributed by atoms with van der Waals surface area (Å²) < 4.78 is 0. The molecule has 2 fully saturated rings. The highest BCUT2D eigenvalue weighted by Crippen LogP contribution is 2.28. The second-order valence-corrected chi connectivity index (χ2v) is 5.83. The molecule has 2 rings (SSSR count). The number of halogens is 1. The summed E-state index contributed by atoms with van der Waals surface area (Å²) in [6.07, 6.45) is 11.9. The van der Waals surface area contributed by atoms with Crippen LogP contribution >= 0.6 is 12.4 Å². The lowest BCUT2D eigenvalue weighted by Crippen LogP contribution is -2.35. The number of allylic oxidation sites excluding steroid dienone is 2. The molecule has 0 aromatic heterocycles. The van der Waals surface area contributed by atoms with Crippen LogP contribution in [0.5, 0.6) is 0 Å². The molecule has 1 atom stereocenters. The molecule has 1 unspecified atom stereocenters. The van der Waals surface area contributed by atoms with Gasteiger partial charge < -0.3 is 4.90 Å². The molecule has 0 aromatic rings. The molecule has 110 valence electrons. The predicted octanol–water partition coefficient (Wildman–Crippen LogP) is 3.99. The lowest BCUT2D eigenvalue weighted by atomic mass is 10.0. The average Bonchev–Trinajstić information content (AvgIpc) is 2.73. The normalized spacial score (nSPS) is 26.7. The quantitative estimate of drug-likeness (QED) is 0.562. The standard InChI is InChI=1S/C16H27NO.ClH/c1-2-3-5-8-14-9-10-15(16(14)18)13-17-11-6-4-7-12-17;/h8,15H,2-7,9-13H2,1H3;1H/b14-8-;. The second kappa shape index (κ2) is 8.76. The molecule has 0 radical (unpaired) electrons. The van der Waals surface area contributed by atoms with Gasteiger partial charge in [0.25, 0.3) is 0 Å². The Labute approximate surface area is 124 Å². The van der Waals surface area contributed by atoms with Crippen LogP contribution in [0.4, 0.5) is 0 Å². The molecule has 2 aliphatic rings. The van der Waals surface area contributed by atoms with Gasteiger partial charge in [-0.15, -0.1) is 12.4 Å². The van der Waals surface area contributed by atoms with Crippen molar-refractivity contribution in [3.8, 4) is 0 Å². The fourth-order valence-corrected chi connectivity index (χ4v) is 3.16. The Bertz CT molecular complexity index is 308. The fourth-order valence-electron chi connectivity index (χ4n) is 3.16. The van der Waals surface area contributed by atoms with Crippen LogP contribution in [0.2, 0.25) is 0 Å². The van der Waals surface area contributed by atoms with E-state index >= 15 is 0 Å². The molecule has 0 aromatic carbocycles. The number of Topliss-reactive ketones (excluding diaryl/α,β-unsaturated/α-hetero) is 1. The number of carbonyl (C=O) groups is 1. The highest BCUT2D eigenvalue weighted by molar-refractivity contribution is 5.99. The van der Waals surface area contributed by atoms with E-state index in [9.17, 15) is 4.79 Å². The number of likely N-dealkylation sites (tertiary alicyclic amines) is 1. The van der Waals surface area contributed by atoms with Crippen molar-refractivity contribution in [2.75, 3.05) is 19.6 Å². The number of unbranched alkanes of at least 4 members (excludes halogenated alkanes) is 2.